The maximum Gasteiger partial charge on any atom is 0.339 e. The molecule has 0 aliphatic carbocycles. The lowest BCUT2D eigenvalue weighted by Gasteiger charge is -2.25. The highest BCUT2D eigenvalue weighted by molar-refractivity contribution is 6.01. The van der Waals surface area contributed by atoms with Crippen molar-refractivity contribution in [3.63, 3.8) is 0 Å². The first-order chi connectivity index (χ1) is 12.5. The summed E-state index contributed by atoms with van der Waals surface area (Å²) in [6.45, 7) is 1.66. The highest BCUT2D eigenvalue weighted by atomic mass is 16.5. The Morgan fingerprint density at radius 3 is 2.81 bits per heavy atom. The highest BCUT2D eigenvalue weighted by Gasteiger charge is 2.31. The average Bonchev–Trinajstić information content (AvgIpc) is 2.63. The first-order valence-corrected chi connectivity index (χ1v) is 8.22. The number of esters is 1. The van der Waals surface area contributed by atoms with Crippen LogP contribution in [0.2, 0.25) is 0 Å². The van der Waals surface area contributed by atoms with Gasteiger partial charge in [0.1, 0.15) is 5.75 Å². The monoisotopic (exact) mass is 352 g/mol. The van der Waals surface area contributed by atoms with Gasteiger partial charge in [-0.3, -0.25) is 9.59 Å². The Morgan fingerprint density at radius 2 is 1.96 bits per heavy atom. The van der Waals surface area contributed by atoms with Crippen LogP contribution >= 0.6 is 0 Å². The molecule has 2 aromatic carbocycles. The van der Waals surface area contributed by atoms with Gasteiger partial charge in [-0.1, -0.05) is 18.2 Å². The summed E-state index contributed by atoms with van der Waals surface area (Å²) in [6, 6.07) is 12.0. The van der Waals surface area contributed by atoms with Crippen LogP contribution in [0.15, 0.2) is 42.5 Å². The van der Waals surface area contributed by atoms with Gasteiger partial charge in [0.2, 0.25) is 0 Å². The van der Waals surface area contributed by atoms with E-state index in [-0.39, 0.29) is 5.91 Å². The molecule has 2 aliphatic heterocycles. The molecule has 2 atom stereocenters. The normalized spacial score (nSPS) is 20.8. The summed E-state index contributed by atoms with van der Waals surface area (Å²) >= 11 is 0. The van der Waals surface area contributed by atoms with Gasteiger partial charge in [-0.2, -0.15) is 0 Å². The van der Waals surface area contributed by atoms with Crippen LogP contribution in [0.1, 0.15) is 22.8 Å². The van der Waals surface area contributed by atoms with E-state index in [2.05, 4.69) is 10.6 Å². The molecule has 0 saturated carbocycles. The van der Waals surface area contributed by atoms with Crippen molar-refractivity contribution in [3.05, 3.63) is 53.6 Å². The van der Waals surface area contributed by atoms with E-state index in [1.165, 1.54) is 0 Å². The third-order valence-corrected chi connectivity index (χ3v) is 4.36. The number of rotatable bonds is 2. The highest BCUT2D eigenvalue weighted by Crippen LogP contribution is 2.32. The molecule has 7 heteroatoms. The van der Waals surface area contributed by atoms with Crippen LogP contribution in [0.4, 0.5) is 11.4 Å². The van der Waals surface area contributed by atoms with Crippen molar-refractivity contribution >= 4 is 29.2 Å². The molecule has 2 aromatic rings. The Morgan fingerprint density at radius 1 is 1.15 bits per heavy atom. The molecule has 2 aliphatic rings. The predicted octanol–water partition coefficient (Wildman–Crippen LogP) is 2.13. The van der Waals surface area contributed by atoms with Gasteiger partial charge in [0.05, 0.1) is 11.3 Å². The maximum absolute atomic E-state index is 12.5. The zero-order valence-electron chi connectivity index (χ0n) is 13.9. The lowest BCUT2D eigenvalue weighted by molar-refractivity contribution is -0.125. The molecular weight excluding hydrogens is 336 g/mol. The number of benzene rings is 2. The lowest BCUT2D eigenvalue weighted by Crippen LogP contribution is -2.38. The van der Waals surface area contributed by atoms with Crippen LogP contribution in [-0.2, 0) is 20.7 Å². The first kappa shape index (κ1) is 16.1. The SMILES string of the molecule is C[C@@H]1Oc2ccc(NC(=O)[C@@H]3Cc4ccccc4C(=O)O3)cc2NC1=O. The fraction of sp³-hybridized carbons (Fsp3) is 0.211. The number of hydrogen-bond acceptors (Lipinski definition) is 5. The molecule has 0 unspecified atom stereocenters. The number of carbonyl (C=O) groups excluding carboxylic acids is 3. The second-order valence-electron chi connectivity index (χ2n) is 6.20. The topological polar surface area (TPSA) is 93.7 Å². The van der Waals surface area contributed by atoms with Crippen LogP contribution in [0.5, 0.6) is 5.75 Å². The molecule has 0 bridgehead atoms. The van der Waals surface area contributed by atoms with E-state index in [0.29, 0.717) is 29.1 Å². The fourth-order valence-corrected chi connectivity index (χ4v) is 2.99. The summed E-state index contributed by atoms with van der Waals surface area (Å²) in [7, 11) is 0. The van der Waals surface area contributed by atoms with Gasteiger partial charge < -0.3 is 20.1 Å². The summed E-state index contributed by atoms with van der Waals surface area (Å²) in [4.78, 5) is 36.3. The predicted molar refractivity (Wildman–Crippen MR) is 93.1 cm³/mol. The van der Waals surface area contributed by atoms with Gasteiger partial charge in [0, 0.05) is 12.1 Å². The third kappa shape index (κ3) is 2.88. The van der Waals surface area contributed by atoms with Gasteiger partial charge >= 0.3 is 5.97 Å². The molecule has 132 valence electrons. The van der Waals surface area contributed by atoms with E-state index < -0.39 is 24.1 Å². The molecule has 0 fully saturated rings. The van der Waals surface area contributed by atoms with Gasteiger partial charge in [0.25, 0.3) is 11.8 Å². The van der Waals surface area contributed by atoms with Crippen molar-refractivity contribution in [2.24, 2.45) is 0 Å². The van der Waals surface area contributed by atoms with E-state index in [0.717, 1.165) is 5.56 Å². The van der Waals surface area contributed by atoms with E-state index in [9.17, 15) is 14.4 Å². The Labute approximate surface area is 149 Å². The minimum atomic E-state index is -0.903. The second-order valence-corrected chi connectivity index (χ2v) is 6.20. The molecule has 0 radical (unpaired) electrons. The second kappa shape index (κ2) is 6.18. The Kier molecular flexibility index (Phi) is 3.84. The number of cyclic esters (lactones) is 1. The van der Waals surface area contributed by atoms with Crippen molar-refractivity contribution in [2.75, 3.05) is 10.6 Å². The largest absolute Gasteiger partial charge is 0.479 e. The minimum Gasteiger partial charge on any atom is -0.479 e. The van der Waals surface area contributed by atoms with E-state index in [1.54, 1.807) is 37.3 Å². The number of ether oxygens (including phenoxy) is 2. The smallest absolute Gasteiger partial charge is 0.339 e. The van der Waals surface area contributed by atoms with Crippen molar-refractivity contribution in [2.45, 2.75) is 25.6 Å². The number of carbonyl (C=O) groups is 3. The zero-order valence-corrected chi connectivity index (χ0v) is 13.9. The number of amides is 2. The molecule has 0 aromatic heterocycles. The van der Waals surface area contributed by atoms with Crippen molar-refractivity contribution in [1.29, 1.82) is 0 Å². The molecule has 0 spiro atoms. The molecule has 2 N–H and O–H groups in total. The minimum absolute atomic E-state index is 0.251. The maximum atomic E-state index is 12.5. The molecule has 4 rings (SSSR count). The molecule has 0 saturated heterocycles. The van der Waals surface area contributed by atoms with E-state index in [1.807, 2.05) is 12.1 Å². The number of anilines is 2. The van der Waals surface area contributed by atoms with Gasteiger partial charge in [0.15, 0.2) is 12.2 Å². The summed E-state index contributed by atoms with van der Waals surface area (Å²) in [5.41, 5.74) is 2.22. The molecule has 2 heterocycles. The zero-order chi connectivity index (χ0) is 18.3. The molecular formula is C19H16N2O5. The fourth-order valence-electron chi connectivity index (χ4n) is 2.99. The third-order valence-electron chi connectivity index (χ3n) is 4.36. The first-order valence-electron chi connectivity index (χ1n) is 8.22. The Balaban J connectivity index is 1.50. The number of hydrogen-bond donors (Lipinski definition) is 2. The number of nitrogens with one attached hydrogen (secondary N) is 2. The lowest BCUT2D eigenvalue weighted by atomic mass is 9.98. The van der Waals surface area contributed by atoms with Crippen molar-refractivity contribution in [3.8, 4) is 5.75 Å². The quantitative estimate of drug-likeness (QED) is 0.808. The average molecular weight is 352 g/mol. The summed E-state index contributed by atoms with van der Waals surface area (Å²) in [5.74, 6) is -0.650. The van der Waals surface area contributed by atoms with Crippen LogP contribution in [0.25, 0.3) is 0 Å². The summed E-state index contributed by atoms with van der Waals surface area (Å²) in [5, 5.41) is 5.44. The van der Waals surface area contributed by atoms with Gasteiger partial charge in [-0.25, -0.2) is 4.79 Å². The van der Waals surface area contributed by atoms with E-state index in [4.69, 9.17) is 9.47 Å². The Bertz CT molecular complexity index is 924. The molecule has 26 heavy (non-hydrogen) atoms. The molecule has 7 nitrogen and oxygen atoms in total. The van der Waals surface area contributed by atoms with E-state index >= 15 is 0 Å². The molecule has 2 amide bonds. The number of fused-ring (bicyclic) bond motifs is 2. The summed E-state index contributed by atoms with van der Waals surface area (Å²) < 4.78 is 10.7. The van der Waals surface area contributed by atoms with Gasteiger partial charge in [-0.05, 0) is 36.8 Å². The van der Waals surface area contributed by atoms with Crippen molar-refractivity contribution < 1.29 is 23.9 Å². The summed E-state index contributed by atoms with van der Waals surface area (Å²) in [6.07, 6.45) is -1.15. The van der Waals surface area contributed by atoms with Crippen LogP contribution < -0.4 is 15.4 Å². The standard InChI is InChI=1S/C19H16N2O5/c1-10-17(22)21-14-9-12(6-7-15(14)25-10)20-18(23)16-8-11-4-2-3-5-13(11)19(24)26-16/h2-7,9-10,16H,8H2,1H3,(H,20,23)(H,21,22)/t10-,16-/m0/s1. The van der Waals surface area contributed by atoms with Crippen LogP contribution in [0, 0.1) is 0 Å². The van der Waals surface area contributed by atoms with Crippen LogP contribution in [0.3, 0.4) is 0 Å². The Hall–Kier alpha value is -3.35. The van der Waals surface area contributed by atoms with Crippen LogP contribution in [-0.4, -0.2) is 30.0 Å². The van der Waals surface area contributed by atoms with Crippen molar-refractivity contribution in [1.82, 2.24) is 0 Å². The van der Waals surface area contributed by atoms with Gasteiger partial charge in [-0.15, -0.1) is 0 Å².